The average Bonchev–Trinajstić information content (AvgIpc) is 2.61. The molecule has 0 N–H and O–H groups in total. The van der Waals surface area contributed by atoms with Gasteiger partial charge in [-0.25, -0.2) is 12.7 Å². The molecule has 2 aliphatic carbocycles. The van der Waals surface area contributed by atoms with E-state index in [9.17, 15) is 8.42 Å². The fourth-order valence-electron chi connectivity index (χ4n) is 3.76. The maximum absolute atomic E-state index is 11.7. The molecule has 3 aliphatic rings. The Morgan fingerprint density at radius 1 is 1.46 bits per heavy atom. The first-order valence-electron chi connectivity index (χ1n) is 4.99. The lowest BCUT2D eigenvalue weighted by Gasteiger charge is -2.28. The van der Waals surface area contributed by atoms with Gasteiger partial charge in [0.15, 0.2) is 0 Å². The van der Waals surface area contributed by atoms with Crippen LogP contribution >= 0.6 is 0 Å². The predicted molar refractivity (Wildman–Crippen MR) is 49.7 cm³/mol. The summed E-state index contributed by atoms with van der Waals surface area (Å²) in [4.78, 5) is 0. The molecule has 2 unspecified atom stereocenters. The van der Waals surface area contributed by atoms with Gasteiger partial charge in [-0.1, -0.05) is 0 Å². The van der Waals surface area contributed by atoms with Gasteiger partial charge in [-0.3, -0.25) is 0 Å². The van der Waals surface area contributed by atoms with Gasteiger partial charge in [0.2, 0.25) is 10.0 Å². The molecule has 0 aromatic heterocycles. The third kappa shape index (κ3) is 0.859. The van der Waals surface area contributed by atoms with Crippen molar-refractivity contribution in [3.63, 3.8) is 0 Å². The Bertz CT molecular complexity index is 351. The lowest BCUT2D eigenvalue weighted by molar-refractivity contribution is 0.216. The van der Waals surface area contributed by atoms with Crippen LogP contribution in [0.4, 0.5) is 0 Å². The average molecular weight is 201 g/mol. The van der Waals surface area contributed by atoms with E-state index >= 15 is 0 Å². The Morgan fingerprint density at radius 3 is 2.85 bits per heavy atom. The monoisotopic (exact) mass is 201 g/mol. The summed E-state index contributed by atoms with van der Waals surface area (Å²) in [6.45, 7) is 0. The molecule has 2 bridgehead atoms. The van der Waals surface area contributed by atoms with Crippen molar-refractivity contribution >= 4 is 10.0 Å². The van der Waals surface area contributed by atoms with E-state index in [1.165, 1.54) is 12.8 Å². The summed E-state index contributed by atoms with van der Waals surface area (Å²) in [5.74, 6) is 1.25. The number of fused-ring (bicyclic) bond motifs is 1. The minimum absolute atomic E-state index is 0.165. The van der Waals surface area contributed by atoms with Crippen LogP contribution in [0.3, 0.4) is 0 Å². The number of hydrogen-bond acceptors (Lipinski definition) is 2. The number of rotatable bonds is 0. The van der Waals surface area contributed by atoms with Crippen LogP contribution in [0.2, 0.25) is 0 Å². The zero-order valence-corrected chi connectivity index (χ0v) is 8.68. The van der Waals surface area contributed by atoms with Gasteiger partial charge in [0.05, 0.1) is 5.75 Å². The molecule has 3 atom stereocenters. The Morgan fingerprint density at radius 2 is 2.23 bits per heavy atom. The largest absolute Gasteiger partial charge is 0.214 e. The molecule has 1 heterocycles. The minimum Gasteiger partial charge on any atom is -0.212 e. The van der Waals surface area contributed by atoms with Crippen LogP contribution in [0, 0.1) is 11.3 Å². The van der Waals surface area contributed by atoms with Gasteiger partial charge < -0.3 is 0 Å². The van der Waals surface area contributed by atoms with Crippen LogP contribution in [0.5, 0.6) is 0 Å². The molecule has 3 nitrogen and oxygen atoms in total. The van der Waals surface area contributed by atoms with E-state index < -0.39 is 10.0 Å². The van der Waals surface area contributed by atoms with Gasteiger partial charge in [0.25, 0.3) is 0 Å². The van der Waals surface area contributed by atoms with Crippen molar-refractivity contribution in [2.45, 2.75) is 31.7 Å². The molecular formula is C9H15NO2S. The first-order chi connectivity index (χ1) is 6.04. The standard InChI is InChI=1S/C9H15NO2S/c1-10-8-4-7-2-3-9(8,5-7)6-13(10,11)12/h7-8H,2-6H2,1H3/t7?,8?,9-/m0/s1. The summed E-state index contributed by atoms with van der Waals surface area (Å²) >= 11 is 0. The fraction of sp³-hybridized carbons (Fsp3) is 1.00. The highest BCUT2D eigenvalue weighted by Crippen LogP contribution is 2.59. The minimum atomic E-state index is -2.89. The lowest BCUT2D eigenvalue weighted by atomic mass is 9.82. The van der Waals surface area contributed by atoms with Crippen molar-refractivity contribution in [3.8, 4) is 0 Å². The second-order valence-electron chi connectivity index (χ2n) is 5.00. The molecule has 0 aromatic rings. The van der Waals surface area contributed by atoms with Gasteiger partial charge in [-0.2, -0.15) is 0 Å². The highest BCUT2D eigenvalue weighted by atomic mass is 32.2. The number of nitrogens with zero attached hydrogens (tertiary/aromatic N) is 1. The zero-order chi connectivity index (χ0) is 9.27. The highest BCUT2D eigenvalue weighted by molar-refractivity contribution is 7.89. The summed E-state index contributed by atoms with van der Waals surface area (Å²) < 4.78 is 25.0. The van der Waals surface area contributed by atoms with Crippen molar-refractivity contribution < 1.29 is 8.42 Å². The van der Waals surface area contributed by atoms with Crippen LogP contribution in [0.1, 0.15) is 25.7 Å². The molecule has 13 heavy (non-hydrogen) atoms. The van der Waals surface area contributed by atoms with Crippen LogP contribution in [0.25, 0.3) is 0 Å². The van der Waals surface area contributed by atoms with E-state index in [0.29, 0.717) is 11.8 Å². The molecule has 1 saturated heterocycles. The molecule has 0 amide bonds. The maximum Gasteiger partial charge on any atom is 0.214 e. The topological polar surface area (TPSA) is 37.4 Å². The third-order valence-electron chi connectivity index (χ3n) is 4.36. The highest BCUT2D eigenvalue weighted by Gasteiger charge is 2.61. The summed E-state index contributed by atoms with van der Waals surface area (Å²) in [7, 11) is -1.14. The molecule has 0 aromatic carbocycles. The molecule has 4 heteroatoms. The molecule has 2 saturated carbocycles. The molecule has 0 radical (unpaired) electrons. The van der Waals surface area contributed by atoms with Crippen molar-refractivity contribution in [2.75, 3.05) is 12.8 Å². The van der Waals surface area contributed by atoms with Crippen LogP contribution < -0.4 is 0 Å². The molecule has 74 valence electrons. The summed E-state index contributed by atoms with van der Waals surface area (Å²) in [6, 6.07) is 0.344. The van der Waals surface area contributed by atoms with Crippen LogP contribution in [-0.2, 0) is 10.0 Å². The lowest BCUT2D eigenvalue weighted by Crippen LogP contribution is -2.35. The SMILES string of the molecule is CN1C2CC3CC[C@]2(C3)CS1(=O)=O. The normalized spacial score (nSPS) is 52.7. The summed E-state index contributed by atoms with van der Waals surface area (Å²) in [5.41, 5.74) is 0.165. The molecule has 1 aliphatic heterocycles. The predicted octanol–water partition coefficient (Wildman–Crippen LogP) is 0.820. The van der Waals surface area contributed by atoms with E-state index in [4.69, 9.17) is 0 Å². The van der Waals surface area contributed by atoms with Gasteiger partial charge >= 0.3 is 0 Å². The molecule has 1 spiro atoms. The van der Waals surface area contributed by atoms with E-state index in [2.05, 4.69) is 0 Å². The second-order valence-corrected chi connectivity index (χ2v) is 7.02. The summed E-state index contributed by atoms with van der Waals surface area (Å²) in [5, 5.41) is 0. The zero-order valence-electron chi connectivity index (χ0n) is 7.86. The Labute approximate surface area is 79.2 Å². The molecular weight excluding hydrogens is 186 g/mol. The summed E-state index contributed by atoms with van der Waals surface area (Å²) in [6.07, 6.45) is 4.70. The number of sulfonamides is 1. The Hall–Kier alpha value is -0.0900. The van der Waals surface area contributed by atoms with Gasteiger partial charge in [-0.05, 0) is 31.6 Å². The van der Waals surface area contributed by atoms with Crippen molar-refractivity contribution in [2.24, 2.45) is 11.3 Å². The first-order valence-corrected chi connectivity index (χ1v) is 6.60. The van der Waals surface area contributed by atoms with Crippen molar-refractivity contribution in [1.29, 1.82) is 0 Å². The Kier molecular flexibility index (Phi) is 1.34. The van der Waals surface area contributed by atoms with E-state index in [0.717, 1.165) is 18.8 Å². The second kappa shape index (κ2) is 2.11. The maximum atomic E-state index is 11.7. The van der Waals surface area contributed by atoms with Gasteiger partial charge in [0.1, 0.15) is 0 Å². The van der Waals surface area contributed by atoms with Gasteiger partial charge in [0, 0.05) is 18.5 Å². The number of hydrogen-bond donors (Lipinski definition) is 0. The fourth-order valence-corrected chi connectivity index (χ4v) is 5.84. The Balaban J connectivity index is 2.07. The van der Waals surface area contributed by atoms with Crippen molar-refractivity contribution in [1.82, 2.24) is 4.31 Å². The van der Waals surface area contributed by atoms with Crippen molar-refractivity contribution in [3.05, 3.63) is 0 Å². The van der Waals surface area contributed by atoms with Crippen LogP contribution in [0.15, 0.2) is 0 Å². The quantitative estimate of drug-likeness (QED) is 0.582. The van der Waals surface area contributed by atoms with E-state index in [1.54, 1.807) is 11.4 Å². The van der Waals surface area contributed by atoms with Gasteiger partial charge in [-0.15, -0.1) is 0 Å². The smallest absolute Gasteiger partial charge is 0.212 e. The third-order valence-corrected chi connectivity index (χ3v) is 6.43. The van der Waals surface area contributed by atoms with E-state index in [1.807, 2.05) is 0 Å². The van der Waals surface area contributed by atoms with Crippen LogP contribution in [-0.4, -0.2) is 31.6 Å². The molecule has 3 fully saturated rings. The van der Waals surface area contributed by atoms with E-state index in [-0.39, 0.29) is 5.41 Å². The first kappa shape index (κ1) is 8.24. The molecule has 3 rings (SSSR count).